The van der Waals surface area contributed by atoms with Crippen LogP contribution in [-0.2, 0) is 14.3 Å². The van der Waals surface area contributed by atoms with Gasteiger partial charge in [-0.25, -0.2) is 0 Å². The van der Waals surface area contributed by atoms with Crippen molar-refractivity contribution in [1.82, 2.24) is 10.2 Å². The first-order valence-electron chi connectivity index (χ1n) is 9.00. The molecular weight excluding hydrogens is 423 g/mol. The number of rotatable bonds is 6. The van der Waals surface area contributed by atoms with Gasteiger partial charge in [-0.2, -0.15) is 11.8 Å². The number of halogens is 2. The maximum absolute atomic E-state index is 12.1. The van der Waals surface area contributed by atoms with Gasteiger partial charge in [0.25, 0.3) is 0 Å². The fraction of sp³-hybridized carbons (Fsp3) is 0.556. The Morgan fingerprint density at radius 2 is 1.68 bits per heavy atom. The van der Waals surface area contributed by atoms with Gasteiger partial charge in [-0.3, -0.25) is 14.5 Å². The van der Waals surface area contributed by atoms with E-state index < -0.39 is 0 Å². The number of carbonyl (C=O) groups excluding carboxylic acids is 2. The third-order valence-electron chi connectivity index (χ3n) is 4.35. The van der Waals surface area contributed by atoms with E-state index in [4.69, 9.17) is 4.74 Å². The number of benzene rings is 1. The molecule has 0 saturated carbocycles. The first kappa shape index (κ1) is 25.0. The van der Waals surface area contributed by atoms with Gasteiger partial charge in [0.1, 0.15) is 0 Å². The highest BCUT2D eigenvalue weighted by atomic mass is 35.5. The second kappa shape index (κ2) is 13.2. The first-order valence-corrected chi connectivity index (χ1v) is 10.2. The molecule has 3 rings (SSSR count). The summed E-state index contributed by atoms with van der Waals surface area (Å²) in [5.74, 6) is 2.05. The van der Waals surface area contributed by atoms with Crippen LogP contribution in [0.5, 0.6) is 0 Å². The van der Waals surface area contributed by atoms with Crippen molar-refractivity contribution in [1.29, 1.82) is 0 Å². The summed E-state index contributed by atoms with van der Waals surface area (Å²) in [7, 11) is 0. The molecule has 0 radical (unpaired) electrons. The average molecular weight is 451 g/mol. The molecule has 1 aromatic carbocycles. The minimum absolute atomic E-state index is 0. The van der Waals surface area contributed by atoms with Gasteiger partial charge < -0.3 is 20.7 Å². The second-order valence-electron chi connectivity index (χ2n) is 6.49. The van der Waals surface area contributed by atoms with Crippen LogP contribution in [0.25, 0.3) is 0 Å². The van der Waals surface area contributed by atoms with E-state index in [1.807, 2.05) is 36.0 Å². The Morgan fingerprint density at radius 1 is 1.07 bits per heavy atom. The van der Waals surface area contributed by atoms with Crippen molar-refractivity contribution in [2.24, 2.45) is 0 Å². The number of hydrogen-bond acceptors (Lipinski definition) is 6. The number of carbonyl (C=O) groups is 2. The van der Waals surface area contributed by atoms with Gasteiger partial charge in [-0.1, -0.05) is 0 Å². The van der Waals surface area contributed by atoms with Crippen molar-refractivity contribution in [3.8, 4) is 0 Å². The van der Waals surface area contributed by atoms with Crippen LogP contribution in [0.15, 0.2) is 24.3 Å². The van der Waals surface area contributed by atoms with Crippen LogP contribution in [0, 0.1) is 0 Å². The quantitative estimate of drug-likeness (QED) is 0.613. The minimum atomic E-state index is -0.0374. The van der Waals surface area contributed by atoms with Gasteiger partial charge in [-0.05, 0) is 24.3 Å². The van der Waals surface area contributed by atoms with Crippen LogP contribution in [-0.4, -0.2) is 73.7 Å². The molecule has 1 atom stereocenters. The number of anilines is 2. The number of morpholine rings is 1. The van der Waals surface area contributed by atoms with Crippen LogP contribution in [0.1, 0.15) is 6.42 Å². The number of hydrogen-bond donors (Lipinski definition) is 3. The lowest BCUT2D eigenvalue weighted by molar-refractivity contribution is -0.118. The van der Waals surface area contributed by atoms with E-state index in [1.54, 1.807) is 0 Å². The molecule has 2 aliphatic heterocycles. The largest absolute Gasteiger partial charge is 0.379 e. The number of nitrogens with one attached hydrogen (secondary N) is 3. The Morgan fingerprint density at radius 3 is 2.25 bits per heavy atom. The Labute approximate surface area is 182 Å². The van der Waals surface area contributed by atoms with Crippen LogP contribution in [0.3, 0.4) is 0 Å². The summed E-state index contributed by atoms with van der Waals surface area (Å²) in [6.45, 7) is 4.25. The fourth-order valence-corrected chi connectivity index (χ4v) is 3.94. The molecule has 0 spiro atoms. The molecule has 158 valence electrons. The van der Waals surface area contributed by atoms with Crippen LogP contribution in [0.2, 0.25) is 0 Å². The second-order valence-corrected chi connectivity index (χ2v) is 7.64. The lowest BCUT2D eigenvalue weighted by Crippen LogP contribution is -2.41. The van der Waals surface area contributed by atoms with E-state index in [2.05, 4.69) is 20.9 Å². The van der Waals surface area contributed by atoms with Gasteiger partial charge >= 0.3 is 0 Å². The number of nitrogens with zero attached hydrogens (tertiary/aromatic N) is 1. The van der Waals surface area contributed by atoms with E-state index in [9.17, 15) is 9.59 Å². The third kappa shape index (κ3) is 8.55. The highest BCUT2D eigenvalue weighted by Crippen LogP contribution is 2.15. The van der Waals surface area contributed by atoms with E-state index in [0.717, 1.165) is 42.5 Å². The Kier molecular flexibility index (Phi) is 11.8. The average Bonchev–Trinajstić information content (AvgIpc) is 2.65. The molecule has 2 fully saturated rings. The molecule has 2 amide bonds. The van der Waals surface area contributed by atoms with Gasteiger partial charge in [0.15, 0.2) is 0 Å². The molecule has 7 nitrogen and oxygen atoms in total. The smallest absolute Gasteiger partial charge is 0.238 e. The van der Waals surface area contributed by atoms with Crippen LogP contribution < -0.4 is 16.0 Å². The topological polar surface area (TPSA) is 82.7 Å². The zero-order valence-corrected chi connectivity index (χ0v) is 18.1. The lowest BCUT2D eigenvalue weighted by atomic mass is 10.2. The van der Waals surface area contributed by atoms with E-state index in [-0.39, 0.29) is 42.7 Å². The summed E-state index contributed by atoms with van der Waals surface area (Å²) < 4.78 is 5.28. The zero-order chi connectivity index (χ0) is 18.2. The van der Waals surface area contributed by atoms with Gasteiger partial charge in [0, 0.05) is 55.0 Å². The molecule has 2 aliphatic rings. The van der Waals surface area contributed by atoms with E-state index >= 15 is 0 Å². The molecule has 10 heteroatoms. The van der Waals surface area contributed by atoms with Crippen molar-refractivity contribution < 1.29 is 14.3 Å². The standard InChI is InChI=1S/C18H26N4O3S.2ClH/c23-17(11-16-13-26-10-5-19-16)20-14-1-3-15(4-2-14)21-18(24)12-22-6-8-25-9-7-22;;/h1-4,16,19H,5-13H2,(H,20,23)(H,21,24);2*1H. The lowest BCUT2D eigenvalue weighted by Gasteiger charge is -2.25. The molecule has 3 N–H and O–H groups in total. The van der Waals surface area contributed by atoms with E-state index in [0.29, 0.717) is 26.2 Å². The van der Waals surface area contributed by atoms with Crippen molar-refractivity contribution in [2.75, 3.05) is 61.5 Å². The summed E-state index contributed by atoms with van der Waals surface area (Å²) in [6.07, 6.45) is 0.477. The zero-order valence-electron chi connectivity index (χ0n) is 15.6. The maximum atomic E-state index is 12.1. The molecule has 0 aromatic heterocycles. The third-order valence-corrected chi connectivity index (χ3v) is 5.48. The highest BCUT2D eigenvalue weighted by Gasteiger charge is 2.17. The predicted octanol–water partition coefficient (Wildman–Crippen LogP) is 1.83. The first-order chi connectivity index (χ1) is 12.7. The molecule has 2 heterocycles. The molecular formula is C18H28Cl2N4O3S. The van der Waals surface area contributed by atoms with Crippen molar-refractivity contribution in [3.05, 3.63) is 24.3 Å². The SMILES string of the molecule is Cl.Cl.O=C(CC1CSCCN1)Nc1ccc(NC(=O)CN2CCOCC2)cc1. The predicted molar refractivity (Wildman–Crippen MR) is 119 cm³/mol. The minimum Gasteiger partial charge on any atom is -0.379 e. The molecule has 0 bridgehead atoms. The summed E-state index contributed by atoms with van der Waals surface area (Å²) in [5, 5.41) is 9.16. The van der Waals surface area contributed by atoms with Crippen LogP contribution >= 0.6 is 36.6 Å². The van der Waals surface area contributed by atoms with Gasteiger partial charge in [0.05, 0.1) is 19.8 Å². The van der Waals surface area contributed by atoms with Crippen molar-refractivity contribution in [3.63, 3.8) is 0 Å². The summed E-state index contributed by atoms with van der Waals surface area (Å²) in [4.78, 5) is 26.3. The van der Waals surface area contributed by atoms with Gasteiger partial charge in [0.2, 0.25) is 11.8 Å². The van der Waals surface area contributed by atoms with Crippen molar-refractivity contribution >= 4 is 59.8 Å². The van der Waals surface area contributed by atoms with Gasteiger partial charge in [-0.15, -0.1) is 24.8 Å². The highest BCUT2D eigenvalue weighted by molar-refractivity contribution is 7.99. The van der Waals surface area contributed by atoms with Crippen LogP contribution in [0.4, 0.5) is 11.4 Å². The molecule has 1 aromatic rings. The Bertz CT molecular complexity index is 556. The number of ether oxygens (including phenoxy) is 1. The molecule has 2 saturated heterocycles. The molecule has 28 heavy (non-hydrogen) atoms. The number of thioether (sulfide) groups is 1. The molecule has 1 unspecified atom stereocenters. The summed E-state index contributed by atoms with van der Waals surface area (Å²) in [5.41, 5.74) is 1.47. The maximum Gasteiger partial charge on any atom is 0.238 e. The van der Waals surface area contributed by atoms with Crippen molar-refractivity contribution in [2.45, 2.75) is 12.5 Å². The Balaban J connectivity index is 0.00000196. The van der Waals surface area contributed by atoms with E-state index in [1.165, 1.54) is 0 Å². The summed E-state index contributed by atoms with van der Waals surface area (Å²) in [6, 6.07) is 7.48. The number of amides is 2. The Hall–Kier alpha value is -1.03. The monoisotopic (exact) mass is 450 g/mol. The fourth-order valence-electron chi connectivity index (χ4n) is 2.99. The summed E-state index contributed by atoms with van der Waals surface area (Å²) >= 11 is 1.88. The normalized spacial score (nSPS) is 19.6. The molecule has 0 aliphatic carbocycles.